The number of nitrogens with two attached hydrogens (primary N) is 5. The number of hydrogen-bond acceptors (Lipinski definition) is 23. The van der Waals surface area contributed by atoms with Gasteiger partial charge in [0.15, 0.2) is 0 Å². The molecule has 0 unspecified atom stereocenters. The number of ether oxygens (including phenoxy) is 6. The molecule has 4 aromatic heterocycles. The Balaban J connectivity index is 0.000000314. The SMILES string of the molecule is C.C.C.COc1ccc(CN)cc1.COc1ccc(CNc2cc(Oc3ccc(CC(=O)Cc4ccc(C)c(C(F)(F)F)c4)cc3)ncn2)cc1.COc1ccc(CNc2cc(Oc3ccc(N)cc3)ncn2)cc1.Cc1ccc(N)cc1C(F)(F)F.Clc1cc(Cl)ncn1.Nc1ccc(O)cc1.Nc1ccc(Oc2cc(Cl)ncn2)cc1. The normalized spacial score (nSPS) is 10.2. The fourth-order valence-corrected chi connectivity index (χ4v) is 9.92. The van der Waals surface area contributed by atoms with Gasteiger partial charge in [-0.15, -0.1) is 0 Å². The number of carbonyl (C=O) groups excluding carboxylic acids is 1. The van der Waals surface area contributed by atoms with Crippen molar-refractivity contribution in [2.75, 3.05) is 54.9 Å². The van der Waals surface area contributed by atoms with Gasteiger partial charge in [-0.25, -0.2) is 39.9 Å². The second-order valence-corrected chi connectivity index (χ2v) is 25.2. The molecule has 0 aliphatic heterocycles. The van der Waals surface area contributed by atoms with Crippen LogP contribution in [0.15, 0.2) is 256 Å². The van der Waals surface area contributed by atoms with Crippen LogP contribution in [0.5, 0.6) is 57.9 Å². The van der Waals surface area contributed by atoms with Gasteiger partial charge in [0.2, 0.25) is 17.6 Å². The number of carbonyl (C=O) groups is 1. The summed E-state index contributed by atoms with van der Waals surface area (Å²) >= 11 is 16.5. The number of aromatic hydroxyl groups is 1. The molecule has 0 saturated heterocycles. The van der Waals surface area contributed by atoms with Crippen molar-refractivity contribution in [1.29, 1.82) is 0 Å². The Kier molecular flexibility index (Phi) is 40.8. The molecule has 9 aromatic carbocycles. The zero-order valence-corrected chi connectivity index (χ0v) is 64.7. The van der Waals surface area contributed by atoms with Gasteiger partial charge in [-0.3, -0.25) is 4.79 Å². The van der Waals surface area contributed by atoms with E-state index in [-0.39, 0.29) is 63.5 Å². The summed E-state index contributed by atoms with van der Waals surface area (Å²) in [6, 6.07) is 64.9. The van der Waals surface area contributed by atoms with Crippen LogP contribution in [-0.4, -0.2) is 72.1 Å². The molecule has 4 heterocycles. The van der Waals surface area contributed by atoms with E-state index in [4.69, 9.17) is 97.0 Å². The number of nitrogen functional groups attached to an aromatic ring is 4. The van der Waals surface area contributed by atoms with Crippen molar-refractivity contribution in [1.82, 2.24) is 39.9 Å². The molecule has 0 radical (unpaired) electrons. The fourth-order valence-electron chi connectivity index (χ4n) is 9.43. The smallest absolute Gasteiger partial charge is 0.416 e. The van der Waals surface area contributed by atoms with Crippen molar-refractivity contribution in [3.8, 4) is 57.9 Å². The average Bonchev–Trinajstić information content (AvgIpc) is 0.828. The maximum absolute atomic E-state index is 13.1. The van der Waals surface area contributed by atoms with E-state index in [0.717, 1.165) is 51.6 Å². The quantitative estimate of drug-likeness (QED) is 0.0152. The number of Topliss-reactive ketones (excluding diaryl/α,β-unsaturated/α-hetero) is 1. The maximum Gasteiger partial charge on any atom is 0.416 e. The molecule has 13 N–H and O–H groups in total. The monoisotopic (exact) mass is 1680 g/mol. The third kappa shape index (κ3) is 35.7. The van der Waals surface area contributed by atoms with Gasteiger partial charge in [-0.2, -0.15) is 26.3 Å². The summed E-state index contributed by atoms with van der Waals surface area (Å²) in [5, 5.41) is 16.2. The third-order valence-corrected chi connectivity index (χ3v) is 16.0. The van der Waals surface area contributed by atoms with Crippen molar-refractivity contribution in [3.05, 3.63) is 321 Å². The average molecular weight is 1680 g/mol. The first-order chi connectivity index (χ1) is 55.0. The number of alkyl halides is 6. The number of aromatic nitrogens is 8. The van der Waals surface area contributed by atoms with Gasteiger partial charge in [-0.05, 0) is 192 Å². The van der Waals surface area contributed by atoms with Crippen LogP contribution in [0.3, 0.4) is 0 Å². The van der Waals surface area contributed by atoms with Crippen LogP contribution in [0.4, 0.5) is 60.7 Å². The highest BCUT2D eigenvalue weighted by Gasteiger charge is 2.33. The Hall–Kier alpha value is -13.2. The van der Waals surface area contributed by atoms with Gasteiger partial charge in [0.1, 0.15) is 98.4 Å². The molecule has 0 amide bonds. The molecule has 0 spiro atoms. The van der Waals surface area contributed by atoms with E-state index in [0.29, 0.717) is 104 Å². The van der Waals surface area contributed by atoms with E-state index in [1.165, 1.54) is 69.5 Å². The minimum absolute atomic E-state index is 0. The molecule has 0 aliphatic carbocycles. The number of nitrogens with one attached hydrogen (secondary N) is 2. The zero-order chi connectivity index (χ0) is 83.3. The molecule has 0 atom stereocenters. The maximum atomic E-state index is 13.1. The van der Waals surface area contributed by atoms with E-state index in [1.54, 1.807) is 137 Å². The Morgan fingerprint density at radius 1 is 0.373 bits per heavy atom. The Morgan fingerprint density at radius 3 is 1.03 bits per heavy atom. The van der Waals surface area contributed by atoms with E-state index >= 15 is 0 Å². The molecular formula is C86H92Cl3F6N15O8. The largest absolute Gasteiger partial charge is 0.508 e. The highest BCUT2D eigenvalue weighted by atomic mass is 35.5. The zero-order valence-electron chi connectivity index (χ0n) is 62.5. The van der Waals surface area contributed by atoms with Crippen molar-refractivity contribution < 1.29 is 64.7 Å². The number of anilines is 6. The summed E-state index contributed by atoms with van der Waals surface area (Å²) in [4.78, 5) is 44.0. The minimum atomic E-state index is -4.45. The van der Waals surface area contributed by atoms with Gasteiger partial charge in [0.05, 0.1) is 32.5 Å². The molecule has 13 aromatic rings. The summed E-state index contributed by atoms with van der Waals surface area (Å²) in [6.07, 6.45) is -3.22. The van der Waals surface area contributed by atoms with Gasteiger partial charge < -0.3 is 72.8 Å². The summed E-state index contributed by atoms with van der Waals surface area (Å²) in [7, 11) is 4.92. The Labute approximate surface area is 696 Å². The van der Waals surface area contributed by atoms with Crippen molar-refractivity contribution in [2.45, 2.75) is 81.0 Å². The van der Waals surface area contributed by atoms with Crippen LogP contribution in [0, 0.1) is 13.8 Å². The number of aryl methyl sites for hydroxylation is 2. The Bertz CT molecular complexity index is 5060. The van der Waals surface area contributed by atoms with Crippen LogP contribution < -0.4 is 67.7 Å². The molecule has 0 fully saturated rings. The molecule has 23 nitrogen and oxygen atoms in total. The van der Waals surface area contributed by atoms with E-state index in [9.17, 15) is 31.1 Å². The van der Waals surface area contributed by atoms with Gasteiger partial charge in [0, 0.05) is 79.5 Å². The predicted octanol–water partition coefficient (Wildman–Crippen LogP) is 21.0. The minimum Gasteiger partial charge on any atom is -0.508 e. The summed E-state index contributed by atoms with van der Waals surface area (Å²) in [6.45, 7) is 4.59. The van der Waals surface area contributed by atoms with E-state index in [2.05, 4.69) is 50.5 Å². The highest BCUT2D eigenvalue weighted by molar-refractivity contribution is 6.33. The van der Waals surface area contributed by atoms with E-state index < -0.39 is 23.5 Å². The lowest BCUT2D eigenvalue weighted by atomic mass is 9.99. The topological polar surface area (TPSA) is 350 Å². The van der Waals surface area contributed by atoms with Crippen LogP contribution in [0.2, 0.25) is 15.5 Å². The lowest BCUT2D eigenvalue weighted by Crippen LogP contribution is -2.11. The third-order valence-electron chi connectivity index (χ3n) is 15.4. The molecule has 0 saturated carbocycles. The highest BCUT2D eigenvalue weighted by Crippen LogP contribution is 2.35. The van der Waals surface area contributed by atoms with Crippen molar-refractivity contribution in [3.63, 3.8) is 0 Å². The number of phenols is 1. The number of ketones is 1. The molecule has 32 heteroatoms. The van der Waals surface area contributed by atoms with Crippen LogP contribution in [-0.2, 0) is 49.6 Å². The lowest BCUT2D eigenvalue weighted by Gasteiger charge is -2.12. The number of methoxy groups -OCH3 is 3. The molecule has 0 bridgehead atoms. The summed E-state index contributed by atoms with van der Waals surface area (Å²) in [5.41, 5.74) is 32.6. The number of benzene rings is 9. The number of hydrogen-bond donors (Lipinski definition) is 8. The first-order valence-electron chi connectivity index (χ1n) is 34.3. The first-order valence-corrected chi connectivity index (χ1v) is 35.5. The number of rotatable bonds is 20. The first kappa shape index (κ1) is 97.1. The summed E-state index contributed by atoms with van der Waals surface area (Å²) < 4.78 is 108. The number of nitrogens with zero attached hydrogens (tertiary/aromatic N) is 8. The molecule has 118 heavy (non-hydrogen) atoms. The number of phenolic OH excluding ortho intramolecular Hbond substituents is 1. The lowest BCUT2D eigenvalue weighted by molar-refractivity contribution is -0.138. The second kappa shape index (κ2) is 49.5. The van der Waals surface area contributed by atoms with E-state index in [1.807, 2.05) is 72.8 Å². The molecular weight excluding hydrogens is 1590 g/mol. The van der Waals surface area contributed by atoms with Crippen molar-refractivity contribution >= 4 is 75.0 Å². The van der Waals surface area contributed by atoms with Gasteiger partial charge >= 0.3 is 12.4 Å². The van der Waals surface area contributed by atoms with Gasteiger partial charge in [0.25, 0.3) is 0 Å². The Morgan fingerprint density at radius 2 is 0.678 bits per heavy atom. The fraction of sp³-hybridized carbons (Fsp3) is 0.174. The molecule has 622 valence electrons. The van der Waals surface area contributed by atoms with Crippen LogP contribution in [0.1, 0.15) is 72.4 Å². The van der Waals surface area contributed by atoms with Crippen molar-refractivity contribution in [2.24, 2.45) is 5.73 Å². The molecule has 13 rings (SSSR count). The predicted molar refractivity (Wildman–Crippen MR) is 455 cm³/mol. The van der Waals surface area contributed by atoms with Crippen LogP contribution in [0.25, 0.3) is 0 Å². The standard InChI is InChI=1S/C29H26F3N3O3.C18H18N4O2.C10H8ClN3O.C8H8F3N.C8H11NO.C6H7NO.C4H2Cl2N2.3CH4/c1-19-3-4-22(15-26(19)29(30,31)32)14-23(36)13-20-5-11-25(12-6-20)38-28-16-27(34-18-35-28)33-17-21-7-9-24(37-2)10-8-21;1-23-15-6-2-13(3-7-15)11-20-17-10-18(22-12-21-17)24-16-8-4-14(19)5-9-16;11-9-5-10(14-6-13-9)15-8-3-1-7(12)2-4-8;1-5-2-3-6(12)4-7(5)8(9,10)11;1-10-8-4-2-7(6-9)3-5-8;7-5-1-3-6(8)4-2-5;5-3-1-4(6)8-2-7-3;;;/h3-12,15-16,18H,13-14,17H2,1-2H3,(H,33,34,35);2-10,12H,11,19H2,1H3,(H,20,21,22);1-6H,12H2;2-4H,12H2,1H3;2-5H,6,9H2,1H3;1-4,8H,7H2;1-2H;3*1H4. The molecule has 0 aliphatic rings. The van der Waals surface area contributed by atoms with Crippen LogP contribution >= 0.6 is 34.8 Å². The summed E-state index contributed by atoms with van der Waals surface area (Å²) in [5.74, 6) is 6.90. The number of halogens is 9. The van der Waals surface area contributed by atoms with Gasteiger partial charge in [-0.1, -0.05) is 124 Å². The second-order valence-electron chi connectivity index (χ2n) is 24.1.